The van der Waals surface area contributed by atoms with E-state index in [2.05, 4.69) is 10.2 Å². The van der Waals surface area contributed by atoms with Crippen LogP contribution in [0.4, 0.5) is 0 Å². The summed E-state index contributed by atoms with van der Waals surface area (Å²) in [5.74, 6) is -0.0685. The van der Waals surface area contributed by atoms with Crippen molar-refractivity contribution in [2.24, 2.45) is 7.05 Å². The average molecular weight is 312 g/mol. The normalized spacial score (nSPS) is 30.0. The first-order valence-corrected chi connectivity index (χ1v) is 7.97. The molecule has 1 aliphatic carbocycles. The zero-order valence-corrected chi connectivity index (χ0v) is 13.0. The third-order valence-electron chi connectivity index (χ3n) is 4.66. The lowest BCUT2D eigenvalue weighted by Crippen LogP contribution is -2.48. The summed E-state index contributed by atoms with van der Waals surface area (Å²) in [4.78, 5) is 14.7. The number of hydrogen-bond acceptors (Lipinski definition) is 3. The molecule has 0 spiro atoms. The van der Waals surface area contributed by atoms with Gasteiger partial charge in [0.25, 0.3) is 5.91 Å². The summed E-state index contributed by atoms with van der Waals surface area (Å²) >= 11 is 5.94. The predicted molar refractivity (Wildman–Crippen MR) is 81.5 cm³/mol. The van der Waals surface area contributed by atoms with Gasteiger partial charge < -0.3 is 15.0 Å². The highest BCUT2D eigenvalue weighted by atomic mass is 35.5. The van der Waals surface area contributed by atoms with Gasteiger partial charge in [0.15, 0.2) is 0 Å². The topological polar surface area (TPSA) is 57.5 Å². The van der Waals surface area contributed by atoms with Crippen LogP contribution >= 0.6 is 11.6 Å². The number of nitrogens with zero attached hydrogens (tertiary/aromatic N) is 2. The summed E-state index contributed by atoms with van der Waals surface area (Å²) < 4.78 is 1.75. The molecule has 116 valence electrons. The van der Waals surface area contributed by atoms with Crippen molar-refractivity contribution in [3.05, 3.63) is 23.0 Å². The molecule has 0 radical (unpaired) electrons. The number of aliphatic hydroxyl groups is 1. The minimum atomic E-state index is -0.214. The second-order valence-electron chi connectivity index (χ2n) is 6.17. The van der Waals surface area contributed by atoms with Crippen molar-refractivity contribution in [3.8, 4) is 0 Å². The molecule has 1 amide bonds. The summed E-state index contributed by atoms with van der Waals surface area (Å²) in [6, 6.07) is 2.21. The quantitative estimate of drug-likeness (QED) is 0.887. The van der Waals surface area contributed by atoms with E-state index >= 15 is 0 Å². The molecule has 1 saturated carbocycles. The molecule has 2 fully saturated rings. The smallest absolute Gasteiger partial charge is 0.268 e. The molecule has 2 N–H and O–H groups in total. The Morgan fingerprint density at radius 3 is 2.86 bits per heavy atom. The largest absolute Gasteiger partial charge is 0.392 e. The van der Waals surface area contributed by atoms with E-state index in [0.29, 0.717) is 16.8 Å². The second-order valence-corrected chi connectivity index (χ2v) is 6.61. The van der Waals surface area contributed by atoms with Gasteiger partial charge in [-0.3, -0.25) is 9.69 Å². The number of amides is 1. The molecule has 6 heteroatoms. The highest BCUT2D eigenvalue weighted by Crippen LogP contribution is 2.27. The number of aryl methyl sites for hydroxylation is 1. The number of aromatic nitrogens is 1. The van der Waals surface area contributed by atoms with Gasteiger partial charge >= 0.3 is 0 Å². The maximum atomic E-state index is 12.4. The van der Waals surface area contributed by atoms with Crippen LogP contribution in [0.1, 0.15) is 36.2 Å². The molecule has 3 rings (SSSR count). The molecule has 0 aromatic carbocycles. The third-order valence-corrected chi connectivity index (χ3v) is 4.87. The fraction of sp³-hybridized carbons (Fsp3) is 0.667. The molecule has 2 heterocycles. The third kappa shape index (κ3) is 3.10. The number of aliphatic hydroxyl groups excluding tert-OH is 1. The summed E-state index contributed by atoms with van der Waals surface area (Å²) in [5, 5.41) is 13.4. The van der Waals surface area contributed by atoms with Gasteiger partial charge in [-0.25, -0.2) is 0 Å². The van der Waals surface area contributed by atoms with Gasteiger partial charge in [-0.05, 0) is 31.7 Å². The van der Waals surface area contributed by atoms with Gasteiger partial charge in [-0.15, -0.1) is 0 Å². The van der Waals surface area contributed by atoms with Gasteiger partial charge in [0, 0.05) is 38.4 Å². The van der Waals surface area contributed by atoms with Crippen molar-refractivity contribution in [1.29, 1.82) is 0 Å². The molecule has 0 bridgehead atoms. The lowest BCUT2D eigenvalue weighted by molar-refractivity contribution is 0.0897. The van der Waals surface area contributed by atoms with Crippen molar-refractivity contribution < 1.29 is 9.90 Å². The highest BCUT2D eigenvalue weighted by molar-refractivity contribution is 6.31. The molecular formula is C15H22ClN3O2. The maximum Gasteiger partial charge on any atom is 0.268 e. The Morgan fingerprint density at radius 1 is 1.43 bits per heavy atom. The SMILES string of the molecule is Cn1cc(Cl)cc1C(=O)N[C@@H]1CCC[C@@H]1N1CCC(O)C1. The number of likely N-dealkylation sites (tertiary alicyclic amines) is 1. The van der Waals surface area contributed by atoms with Crippen LogP contribution in [0.25, 0.3) is 0 Å². The van der Waals surface area contributed by atoms with Gasteiger partial charge in [-0.1, -0.05) is 11.6 Å². The zero-order chi connectivity index (χ0) is 15.0. The lowest BCUT2D eigenvalue weighted by atomic mass is 10.1. The molecule has 21 heavy (non-hydrogen) atoms. The maximum absolute atomic E-state index is 12.4. The fourth-order valence-corrected chi connectivity index (χ4v) is 3.86. The van der Waals surface area contributed by atoms with Crippen LogP contribution in [0.3, 0.4) is 0 Å². The number of β-amino-alcohol motifs (C(OH)–C–C–N with tert-alkyl or cyclic N) is 1. The van der Waals surface area contributed by atoms with Crippen LogP contribution < -0.4 is 5.32 Å². The van der Waals surface area contributed by atoms with Crippen molar-refractivity contribution >= 4 is 17.5 Å². The number of carbonyl (C=O) groups is 1. The van der Waals surface area contributed by atoms with E-state index in [1.807, 2.05) is 7.05 Å². The second kappa shape index (κ2) is 5.99. The molecule has 2 aliphatic rings. The van der Waals surface area contributed by atoms with Gasteiger partial charge in [0.05, 0.1) is 11.1 Å². The molecule has 1 aromatic heterocycles. The summed E-state index contributed by atoms with van der Waals surface area (Å²) in [7, 11) is 1.82. The van der Waals surface area contributed by atoms with Crippen LogP contribution in [-0.2, 0) is 7.05 Å². The molecular weight excluding hydrogens is 290 g/mol. The number of hydrogen-bond donors (Lipinski definition) is 2. The van der Waals surface area contributed by atoms with E-state index in [-0.39, 0.29) is 18.1 Å². The molecule has 1 unspecified atom stereocenters. The van der Waals surface area contributed by atoms with Crippen molar-refractivity contribution in [2.75, 3.05) is 13.1 Å². The van der Waals surface area contributed by atoms with E-state index in [1.165, 1.54) is 0 Å². The Balaban J connectivity index is 1.66. The first kappa shape index (κ1) is 14.9. The van der Waals surface area contributed by atoms with Crippen molar-refractivity contribution in [2.45, 2.75) is 43.9 Å². The first-order valence-electron chi connectivity index (χ1n) is 7.59. The molecule has 5 nitrogen and oxygen atoms in total. The van der Waals surface area contributed by atoms with E-state index in [4.69, 9.17) is 11.6 Å². The van der Waals surface area contributed by atoms with Crippen LogP contribution in [0, 0.1) is 0 Å². The van der Waals surface area contributed by atoms with E-state index in [0.717, 1.165) is 38.8 Å². The van der Waals surface area contributed by atoms with Crippen molar-refractivity contribution in [3.63, 3.8) is 0 Å². The Morgan fingerprint density at radius 2 is 2.24 bits per heavy atom. The van der Waals surface area contributed by atoms with Gasteiger partial charge in [0.2, 0.25) is 0 Å². The van der Waals surface area contributed by atoms with Crippen LogP contribution in [0.5, 0.6) is 0 Å². The Hall–Kier alpha value is -1.04. The van der Waals surface area contributed by atoms with E-state index in [9.17, 15) is 9.90 Å². The van der Waals surface area contributed by atoms with E-state index < -0.39 is 0 Å². The summed E-state index contributed by atoms with van der Waals surface area (Å²) in [5.41, 5.74) is 0.590. The number of rotatable bonds is 3. The lowest BCUT2D eigenvalue weighted by Gasteiger charge is -2.29. The molecule has 1 aliphatic heterocycles. The van der Waals surface area contributed by atoms with Gasteiger partial charge in [0.1, 0.15) is 5.69 Å². The van der Waals surface area contributed by atoms with Gasteiger partial charge in [-0.2, -0.15) is 0 Å². The van der Waals surface area contributed by atoms with Crippen LogP contribution in [0.15, 0.2) is 12.3 Å². The molecule has 1 saturated heterocycles. The van der Waals surface area contributed by atoms with E-state index in [1.54, 1.807) is 16.8 Å². The zero-order valence-electron chi connectivity index (χ0n) is 12.3. The van der Waals surface area contributed by atoms with Crippen molar-refractivity contribution in [1.82, 2.24) is 14.8 Å². The van der Waals surface area contributed by atoms with Crippen LogP contribution in [0.2, 0.25) is 5.02 Å². The minimum absolute atomic E-state index is 0.0685. The minimum Gasteiger partial charge on any atom is -0.392 e. The standard InChI is InChI=1S/C15H22ClN3O2/c1-18-8-10(16)7-14(18)15(21)17-12-3-2-4-13(12)19-6-5-11(20)9-19/h7-8,11-13,20H,2-6,9H2,1H3,(H,17,21)/t11?,12-,13+/m1/s1. The highest BCUT2D eigenvalue weighted by Gasteiger charge is 2.36. The average Bonchev–Trinajstić information content (AvgIpc) is 3.10. The summed E-state index contributed by atoms with van der Waals surface area (Å²) in [6.45, 7) is 1.65. The Labute approximate surface area is 129 Å². The predicted octanol–water partition coefficient (Wildman–Crippen LogP) is 1.40. The first-order chi connectivity index (χ1) is 10.0. The molecule has 3 atom stereocenters. The Kier molecular flexibility index (Phi) is 4.24. The fourth-order valence-electron chi connectivity index (χ4n) is 3.61. The number of halogens is 1. The monoisotopic (exact) mass is 311 g/mol. The number of carbonyl (C=O) groups excluding carboxylic acids is 1. The molecule has 1 aromatic rings. The summed E-state index contributed by atoms with van der Waals surface area (Å²) in [6.07, 6.45) is 5.57. The van der Waals surface area contributed by atoms with Crippen LogP contribution in [-0.4, -0.2) is 51.8 Å². The number of nitrogens with one attached hydrogen (secondary N) is 1. The Bertz CT molecular complexity index is 531.